The Kier molecular flexibility index (Phi) is 5.52. The molecule has 2 atom stereocenters. The number of aromatic nitrogens is 3. The fourth-order valence-electron chi connectivity index (χ4n) is 5.58. The summed E-state index contributed by atoms with van der Waals surface area (Å²) in [7, 11) is 2.17. The van der Waals surface area contributed by atoms with Crippen LogP contribution in [-0.2, 0) is 26.2 Å². The number of fused-ring (bicyclic) bond motifs is 4. The molecule has 0 amide bonds. The molecule has 2 bridgehead atoms. The topological polar surface area (TPSA) is 49.5 Å². The van der Waals surface area contributed by atoms with Gasteiger partial charge in [-0.25, -0.2) is 4.98 Å². The van der Waals surface area contributed by atoms with Crippen LogP contribution in [0.15, 0.2) is 29.5 Å². The van der Waals surface area contributed by atoms with Crippen LogP contribution in [-0.4, -0.2) is 75.1 Å². The zero-order chi connectivity index (χ0) is 20.7. The van der Waals surface area contributed by atoms with E-state index in [4.69, 9.17) is 0 Å². The Balaban J connectivity index is 1.32. The maximum absolute atomic E-state index is 13.3. The lowest BCUT2D eigenvalue weighted by Gasteiger charge is -2.43. The molecular formula is C23H34N6O. The Morgan fingerprint density at radius 3 is 2.67 bits per heavy atom. The molecule has 5 rings (SSSR count). The van der Waals surface area contributed by atoms with Crippen LogP contribution in [0, 0.1) is 5.92 Å². The Bertz CT molecular complexity index is 941. The predicted molar refractivity (Wildman–Crippen MR) is 118 cm³/mol. The standard InChI is InChI=1S/C23H34N6O/c1-3-28-17-24-11-21(28)16-27-12-18-10-20(15-27)22-5-4-19(23(30)29(22)13-18)14-26-8-6-25(2)7-9-26/h4-5,11,17-18,20H,3,6-10,12-16H2,1-2H3/t18-,20+/m0/s1. The van der Waals surface area contributed by atoms with Crippen molar-refractivity contribution in [1.82, 2.24) is 28.8 Å². The van der Waals surface area contributed by atoms with Gasteiger partial charge in [0, 0.05) is 88.8 Å². The van der Waals surface area contributed by atoms with Gasteiger partial charge in [0.25, 0.3) is 5.56 Å². The number of rotatable bonds is 5. The van der Waals surface area contributed by atoms with Crippen molar-refractivity contribution in [3.05, 3.63) is 52.0 Å². The fraction of sp³-hybridized carbons (Fsp3) is 0.652. The van der Waals surface area contributed by atoms with Crippen LogP contribution in [0.3, 0.4) is 0 Å². The van der Waals surface area contributed by atoms with Crippen LogP contribution in [0.5, 0.6) is 0 Å². The molecule has 2 aromatic heterocycles. The van der Waals surface area contributed by atoms with Gasteiger partial charge >= 0.3 is 0 Å². The Labute approximate surface area is 178 Å². The fourth-order valence-corrected chi connectivity index (χ4v) is 5.58. The molecule has 3 aliphatic rings. The summed E-state index contributed by atoms with van der Waals surface area (Å²) in [6.07, 6.45) is 5.13. The summed E-state index contributed by atoms with van der Waals surface area (Å²) in [6, 6.07) is 4.35. The molecule has 7 heteroatoms. The van der Waals surface area contributed by atoms with E-state index >= 15 is 0 Å². The number of hydrogen-bond donors (Lipinski definition) is 0. The molecule has 2 aromatic rings. The maximum atomic E-state index is 13.3. The molecular weight excluding hydrogens is 376 g/mol. The number of piperazine rings is 1. The van der Waals surface area contributed by atoms with Gasteiger partial charge in [-0.1, -0.05) is 6.07 Å². The number of nitrogens with zero attached hydrogens (tertiary/aromatic N) is 6. The maximum Gasteiger partial charge on any atom is 0.255 e. The first-order valence-electron chi connectivity index (χ1n) is 11.5. The Morgan fingerprint density at radius 1 is 1.03 bits per heavy atom. The van der Waals surface area contributed by atoms with Crippen molar-refractivity contribution in [2.75, 3.05) is 46.3 Å². The zero-order valence-electron chi connectivity index (χ0n) is 18.3. The minimum atomic E-state index is 0.249. The van der Waals surface area contributed by atoms with Crippen LogP contribution < -0.4 is 5.56 Å². The third kappa shape index (κ3) is 3.86. The van der Waals surface area contributed by atoms with Crippen molar-refractivity contribution < 1.29 is 0 Å². The average Bonchev–Trinajstić information content (AvgIpc) is 3.19. The molecule has 0 saturated carbocycles. The molecule has 0 unspecified atom stereocenters. The van der Waals surface area contributed by atoms with E-state index in [1.54, 1.807) is 0 Å². The first-order chi connectivity index (χ1) is 14.6. The smallest absolute Gasteiger partial charge is 0.255 e. The van der Waals surface area contributed by atoms with Gasteiger partial charge in [0.1, 0.15) is 0 Å². The van der Waals surface area contributed by atoms with Crippen LogP contribution in [0.2, 0.25) is 0 Å². The summed E-state index contributed by atoms with van der Waals surface area (Å²) in [5, 5.41) is 0. The molecule has 2 fully saturated rings. The summed E-state index contributed by atoms with van der Waals surface area (Å²) in [6.45, 7) is 12.1. The first-order valence-corrected chi connectivity index (χ1v) is 11.5. The summed E-state index contributed by atoms with van der Waals surface area (Å²) in [4.78, 5) is 25.0. The van der Waals surface area contributed by atoms with E-state index < -0.39 is 0 Å². The minimum Gasteiger partial charge on any atom is -0.334 e. The second-order valence-corrected chi connectivity index (χ2v) is 9.44. The summed E-state index contributed by atoms with van der Waals surface area (Å²) >= 11 is 0. The highest BCUT2D eigenvalue weighted by Crippen LogP contribution is 2.35. The molecule has 30 heavy (non-hydrogen) atoms. The molecule has 162 valence electrons. The number of imidazole rings is 1. The molecule has 0 aromatic carbocycles. The molecule has 3 aliphatic heterocycles. The van der Waals surface area contributed by atoms with Crippen molar-refractivity contribution in [3.63, 3.8) is 0 Å². The summed E-state index contributed by atoms with van der Waals surface area (Å²) in [5.74, 6) is 1.02. The van der Waals surface area contributed by atoms with Gasteiger partial charge in [0.15, 0.2) is 0 Å². The lowest BCUT2D eigenvalue weighted by Crippen LogP contribution is -2.48. The highest BCUT2D eigenvalue weighted by molar-refractivity contribution is 5.22. The van der Waals surface area contributed by atoms with Crippen molar-refractivity contribution in [3.8, 4) is 0 Å². The number of aryl methyl sites for hydroxylation is 1. The van der Waals surface area contributed by atoms with E-state index in [1.165, 1.54) is 17.8 Å². The average molecular weight is 411 g/mol. The van der Waals surface area contributed by atoms with E-state index in [0.717, 1.165) is 71.0 Å². The SMILES string of the molecule is CCn1cncc1CN1C[C@@H]2C[C@H](C1)c1ccc(CN3CCN(C)CC3)c(=O)n1C2. The second kappa shape index (κ2) is 8.29. The first kappa shape index (κ1) is 20.0. The Morgan fingerprint density at radius 2 is 1.87 bits per heavy atom. The van der Waals surface area contributed by atoms with Crippen molar-refractivity contribution >= 4 is 0 Å². The van der Waals surface area contributed by atoms with E-state index in [9.17, 15) is 4.79 Å². The van der Waals surface area contributed by atoms with Crippen LogP contribution in [0.25, 0.3) is 0 Å². The summed E-state index contributed by atoms with van der Waals surface area (Å²) in [5.41, 5.74) is 3.75. The van der Waals surface area contributed by atoms with Crippen molar-refractivity contribution in [2.24, 2.45) is 5.92 Å². The van der Waals surface area contributed by atoms with Gasteiger partial charge in [0.05, 0.1) is 12.0 Å². The van der Waals surface area contributed by atoms with E-state index in [-0.39, 0.29) is 5.56 Å². The van der Waals surface area contributed by atoms with Crippen molar-refractivity contribution in [2.45, 2.75) is 45.4 Å². The van der Waals surface area contributed by atoms with E-state index in [1.807, 2.05) is 12.5 Å². The monoisotopic (exact) mass is 410 g/mol. The molecule has 0 radical (unpaired) electrons. The molecule has 0 N–H and O–H groups in total. The molecule has 0 aliphatic carbocycles. The predicted octanol–water partition coefficient (Wildman–Crippen LogP) is 1.43. The molecule has 5 heterocycles. The Hall–Kier alpha value is -1.96. The van der Waals surface area contributed by atoms with Gasteiger partial charge in [-0.05, 0) is 32.4 Å². The number of hydrogen-bond acceptors (Lipinski definition) is 5. The van der Waals surface area contributed by atoms with Gasteiger partial charge in [0.2, 0.25) is 0 Å². The largest absolute Gasteiger partial charge is 0.334 e. The van der Waals surface area contributed by atoms with Gasteiger partial charge in [-0.3, -0.25) is 14.6 Å². The molecule has 2 saturated heterocycles. The molecule has 0 spiro atoms. The minimum absolute atomic E-state index is 0.249. The number of likely N-dealkylation sites (N-methyl/N-ethyl adjacent to an activating group) is 1. The highest BCUT2D eigenvalue weighted by Gasteiger charge is 2.35. The van der Waals surface area contributed by atoms with Crippen LogP contribution >= 0.6 is 0 Å². The quantitative estimate of drug-likeness (QED) is 0.747. The highest BCUT2D eigenvalue weighted by atomic mass is 16.1. The summed E-state index contributed by atoms with van der Waals surface area (Å²) < 4.78 is 4.34. The number of piperidine rings is 1. The van der Waals surface area contributed by atoms with Crippen LogP contribution in [0.1, 0.15) is 36.2 Å². The lowest BCUT2D eigenvalue weighted by molar-refractivity contribution is 0.111. The second-order valence-electron chi connectivity index (χ2n) is 9.44. The number of pyridine rings is 1. The third-order valence-electron chi connectivity index (χ3n) is 7.27. The lowest BCUT2D eigenvalue weighted by atomic mass is 9.83. The van der Waals surface area contributed by atoms with E-state index in [2.05, 4.69) is 54.9 Å². The zero-order valence-corrected chi connectivity index (χ0v) is 18.3. The van der Waals surface area contributed by atoms with Crippen molar-refractivity contribution in [1.29, 1.82) is 0 Å². The van der Waals surface area contributed by atoms with Gasteiger partial charge < -0.3 is 14.0 Å². The van der Waals surface area contributed by atoms with Gasteiger partial charge in [-0.2, -0.15) is 0 Å². The van der Waals surface area contributed by atoms with Gasteiger partial charge in [-0.15, -0.1) is 0 Å². The third-order valence-corrected chi connectivity index (χ3v) is 7.27. The van der Waals surface area contributed by atoms with E-state index in [0.29, 0.717) is 11.8 Å². The molecule has 7 nitrogen and oxygen atoms in total. The van der Waals surface area contributed by atoms with Crippen LogP contribution in [0.4, 0.5) is 0 Å². The normalized spacial score (nSPS) is 25.4. The number of likely N-dealkylation sites (tertiary alicyclic amines) is 1.